The summed E-state index contributed by atoms with van der Waals surface area (Å²) >= 11 is 6.27. The van der Waals surface area contributed by atoms with Crippen molar-refractivity contribution in [2.24, 2.45) is 34.5 Å². The summed E-state index contributed by atoms with van der Waals surface area (Å²) in [6.07, 6.45) is 2.15. The van der Waals surface area contributed by atoms with Crippen molar-refractivity contribution in [1.29, 1.82) is 5.26 Å². The van der Waals surface area contributed by atoms with Crippen molar-refractivity contribution in [2.75, 3.05) is 68.7 Å². The van der Waals surface area contributed by atoms with E-state index < -0.39 is 17.5 Å². The summed E-state index contributed by atoms with van der Waals surface area (Å²) in [5.74, 6) is 1.46. The zero-order valence-corrected chi connectivity index (χ0v) is 39.2. The number of rotatable bonds is 10. The first-order valence-electron chi connectivity index (χ1n) is 23.6. The number of ether oxygens (including phenoxy) is 1. The Balaban J connectivity index is 0.655. The predicted molar refractivity (Wildman–Crippen MR) is 252 cm³/mol. The molecular weight excluding hydrogens is 872 g/mol. The summed E-state index contributed by atoms with van der Waals surface area (Å²) in [6.45, 7) is 16.4. The zero-order chi connectivity index (χ0) is 46.9. The largest absolute Gasteiger partial charge is 0.489 e. The van der Waals surface area contributed by atoms with Gasteiger partial charge in [0.05, 0.1) is 21.9 Å². The van der Waals surface area contributed by atoms with Crippen LogP contribution in [0.25, 0.3) is 10.9 Å². The molecule has 4 aromatic rings. The van der Waals surface area contributed by atoms with Crippen LogP contribution in [0.4, 0.5) is 11.4 Å². The van der Waals surface area contributed by atoms with E-state index in [2.05, 4.69) is 81.5 Å². The number of carbonyl (C=O) groups excluding carboxylic acids is 4. The summed E-state index contributed by atoms with van der Waals surface area (Å²) in [5.41, 5.74) is 2.29. The standard InChI is InChI=1S/C50H57ClN10O6/c1-49(2)47(50(3,4)48(49)67-37-11-7-31(21-52)39(51)20-37)54-43(63)30-5-8-35(9-6-30)59-25-32-23-57(24-33(32)26-59)22-29-15-17-58(18-16-29)45(65)34-27-60(28-34)36-10-12-40-38(19-36)46(66)61(56-55-40)41-13-14-42(62)53-44(41)64/h5-12,19-20,29,32-34,41,47-48H,13-18,22-28H2,1-4H3,(H,54,63)(H,53,62,64). The molecule has 1 aliphatic carbocycles. The number of hydrogen-bond acceptors (Lipinski definition) is 12. The lowest BCUT2D eigenvalue weighted by molar-refractivity contribution is -0.164. The van der Waals surface area contributed by atoms with Crippen LogP contribution in [0.5, 0.6) is 5.75 Å². The van der Waals surface area contributed by atoms with Crippen LogP contribution in [0.2, 0.25) is 5.02 Å². The van der Waals surface area contributed by atoms with Crippen LogP contribution in [0, 0.1) is 45.8 Å². The molecular formula is C50H57ClN10O6. The van der Waals surface area contributed by atoms with Crippen molar-refractivity contribution < 1.29 is 23.9 Å². The number of benzene rings is 3. The quantitative estimate of drug-likeness (QED) is 0.210. The molecule has 1 aromatic heterocycles. The molecule has 0 radical (unpaired) electrons. The van der Waals surface area contributed by atoms with Gasteiger partial charge in [-0.3, -0.25) is 29.3 Å². The Morgan fingerprint density at radius 2 is 1.54 bits per heavy atom. The van der Waals surface area contributed by atoms with Crippen LogP contribution in [0.15, 0.2) is 65.5 Å². The van der Waals surface area contributed by atoms with Crippen LogP contribution < -0.4 is 30.7 Å². The van der Waals surface area contributed by atoms with Crippen molar-refractivity contribution >= 4 is 57.5 Å². The van der Waals surface area contributed by atoms with Crippen molar-refractivity contribution in [2.45, 2.75) is 71.6 Å². The van der Waals surface area contributed by atoms with Crippen molar-refractivity contribution in [3.63, 3.8) is 0 Å². The van der Waals surface area contributed by atoms with Crippen LogP contribution in [0.3, 0.4) is 0 Å². The molecule has 6 heterocycles. The summed E-state index contributed by atoms with van der Waals surface area (Å²) < 4.78 is 7.47. The molecule has 0 bridgehead atoms. The Bertz CT molecular complexity index is 2710. The number of fused-ring (bicyclic) bond motifs is 2. The van der Waals surface area contributed by atoms with E-state index in [0.29, 0.717) is 63.6 Å². The SMILES string of the molecule is CC1(C)C(NC(=O)c2ccc(N3CC4CN(CC5CCN(C(=O)C6CN(c7ccc8nnn(C9CCC(=O)NC9=O)c(=O)c8c7)C6)CC5)CC4C3)cc2)C(C)(C)C1Oc1ccc(C#N)c(Cl)c1. The Morgan fingerprint density at radius 3 is 2.19 bits per heavy atom. The smallest absolute Gasteiger partial charge is 0.278 e. The Labute approximate surface area is 394 Å². The van der Waals surface area contributed by atoms with E-state index in [0.717, 1.165) is 74.7 Å². The van der Waals surface area contributed by atoms with E-state index in [1.54, 1.807) is 30.3 Å². The number of likely N-dealkylation sites (tertiary alicyclic amines) is 2. The van der Waals surface area contributed by atoms with Gasteiger partial charge < -0.3 is 29.7 Å². The number of piperidine rings is 2. The fourth-order valence-corrected chi connectivity index (χ4v) is 12.5. The maximum absolute atomic E-state index is 13.6. The average Bonchev–Trinajstić information content (AvgIpc) is 3.87. The minimum Gasteiger partial charge on any atom is -0.489 e. The Morgan fingerprint density at radius 1 is 0.866 bits per heavy atom. The first kappa shape index (κ1) is 44.8. The fourth-order valence-electron chi connectivity index (χ4n) is 12.2. The van der Waals surface area contributed by atoms with Crippen molar-refractivity contribution in [3.05, 3.63) is 87.2 Å². The second-order valence-electron chi connectivity index (χ2n) is 20.9. The van der Waals surface area contributed by atoms with Gasteiger partial charge >= 0.3 is 0 Å². The lowest BCUT2D eigenvalue weighted by Crippen LogP contribution is -2.74. The first-order chi connectivity index (χ1) is 32.1. The number of nitriles is 1. The van der Waals surface area contributed by atoms with E-state index in [4.69, 9.17) is 16.3 Å². The fraction of sp³-hybridized carbons (Fsp3) is 0.520. The molecule has 2 N–H and O–H groups in total. The van der Waals surface area contributed by atoms with E-state index >= 15 is 0 Å². The van der Waals surface area contributed by atoms with Gasteiger partial charge in [-0.1, -0.05) is 44.5 Å². The third-order valence-corrected chi connectivity index (χ3v) is 16.0. The summed E-state index contributed by atoms with van der Waals surface area (Å²) in [6, 6.07) is 19.6. The van der Waals surface area contributed by atoms with Gasteiger partial charge in [0.1, 0.15) is 29.5 Å². The molecule has 67 heavy (non-hydrogen) atoms. The van der Waals surface area contributed by atoms with Gasteiger partial charge in [-0.05, 0) is 91.6 Å². The van der Waals surface area contributed by atoms with Gasteiger partial charge in [0.2, 0.25) is 11.8 Å². The topological polar surface area (TPSA) is 186 Å². The molecule has 6 fully saturated rings. The van der Waals surface area contributed by atoms with Crippen LogP contribution >= 0.6 is 11.6 Å². The maximum atomic E-state index is 13.6. The van der Waals surface area contributed by atoms with E-state index in [9.17, 15) is 29.2 Å². The van der Waals surface area contributed by atoms with Crippen LogP contribution in [-0.2, 0) is 14.4 Å². The van der Waals surface area contributed by atoms with E-state index in [1.807, 2.05) is 23.1 Å². The number of halogens is 1. The third kappa shape index (κ3) is 8.28. The molecule has 0 spiro atoms. The number of nitrogens with zero attached hydrogens (tertiary/aromatic N) is 8. The molecule has 10 rings (SSSR count). The van der Waals surface area contributed by atoms with Gasteiger partial charge in [-0.25, -0.2) is 0 Å². The highest BCUT2D eigenvalue weighted by Gasteiger charge is 2.64. The Hall–Kier alpha value is -6.05. The van der Waals surface area contributed by atoms with Gasteiger partial charge in [0, 0.05) is 105 Å². The summed E-state index contributed by atoms with van der Waals surface area (Å²) in [4.78, 5) is 73.9. The van der Waals surface area contributed by atoms with Gasteiger partial charge in [0.15, 0.2) is 0 Å². The molecule has 5 saturated heterocycles. The second kappa shape index (κ2) is 17.2. The Kier molecular flexibility index (Phi) is 11.5. The average molecular weight is 930 g/mol. The lowest BCUT2D eigenvalue weighted by atomic mass is 9.49. The van der Waals surface area contributed by atoms with Crippen molar-refractivity contribution in [3.8, 4) is 11.8 Å². The lowest BCUT2D eigenvalue weighted by Gasteiger charge is -2.63. The molecule has 17 heteroatoms. The minimum absolute atomic E-state index is 0.0955. The normalized spacial score (nSPS) is 26.1. The third-order valence-electron chi connectivity index (χ3n) is 15.7. The molecule has 6 aliphatic rings. The predicted octanol–water partition coefficient (Wildman–Crippen LogP) is 4.65. The van der Waals surface area contributed by atoms with E-state index in [1.165, 1.54) is 0 Å². The minimum atomic E-state index is -0.885. The van der Waals surface area contributed by atoms with Crippen molar-refractivity contribution in [1.82, 2.24) is 35.4 Å². The highest BCUT2D eigenvalue weighted by Crippen LogP contribution is 2.55. The van der Waals surface area contributed by atoms with Crippen LogP contribution in [-0.4, -0.2) is 119 Å². The number of aromatic nitrogens is 3. The first-order valence-corrected chi connectivity index (χ1v) is 24.0. The molecule has 3 aromatic carbocycles. The number of nitrogens with one attached hydrogen (secondary N) is 2. The number of hydrogen-bond donors (Lipinski definition) is 2. The number of carbonyl (C=O) groups is 4. The highest BCUT2D eigenvalue weighted by atomic mass is 35.5. The van der Waals surface area contributed by atoms with Crippen LogP contribution in [0.1, 0.15) is 75.3 Å². The van der Waals surface area contributed by atoms with Gasteiger partial charge in [0.25, 0.3) is 17.4 Å². The van der Waals surface area contributed by atoms with E-state index in [-0.39, 0.29) is 59.5 Å². The maximum Gasteiger partial charge on any atom is 0.278 e. The summed E-state index contributed by atoms with van der Waals surface area (Å²) in [7, 11) is 0. The number of amides is 4. The summed E-state index contributed by atoms with van der Waals surface area (Å²) in [5, 5.41) is 23.7. The molecule has 5 aliphatic heterocycles. The van der Waals surface area contributed by atoms with Gasteiger partial charge in [-0.15, -0.1) is 5.10 Å². The molecule has 3 atom stereocenters. The molecule has 16 nitrogen and oxygen atoms in total. The molecule has 1 saturated carbocycles. The number of imide groups is 1. The molecule has 350 valence electrons. The highest BCUT2D eigenvalue weighted by molar-refractivity contribution is 6.31. The zero-order valence-electron chi connectivity index (χ0n) is 38.4. The monoisotopic (exact) mass is 928 g/mol. The second-order valence-corrected chi connectivity index (χ2v) is 21.3. The molecule has 4 amide bonds. The van der Waals surface area contributed by atoms with Gasteiger partial charge in [-0.2, -0.15) is 9.94 Å². The molecule has 3 unspecified atom stereocenters. The number of anilines is 2.